The molecule has 3 aromatic carbocycles. The minimum Gasteiger partial charge on any atom is -0.392 e. The lowest BCUT2D eigenvalue weighted by atomic mass is 9.99. The Hall–Kier alpha value is -3.07. The van der Waals surface area contributed by atoms with Crippen LogP contribution in [0.15, 0.2) is 78.9 Å². The van der Waals surface area contributed by atoms with Gasteiger partial charge in [0.05, 0.1) is 32.0 Å². The average molecular weight is 503 g/mol. The zero-order chi connectivity index (χ0) is 25.5. The summed E-state index contributed by atoms with van der Waals surface area (Å²) < 4.78 is 18.4. The van der Waals surface area contributed by atoms with Crippen LogP contribution in [0.2, 0.25) is 0 Å². The van der Waals surface area contributed by atoms with Gasteiger partial charge in [-0.05, 0) is 28.8 Å². The van der Waals surface area contributed by atoms with Crippen LogP contribution < -0.4 is 5.32 Å². The van der Waals surface area contributed by atoms with Gasteiger partial charge < -0.3 is 24.6 Å². The second kappa shape index (κ2) is 12.4. The quantitative estimate of drug-likeness (QED) is 0.485. The first-order valence-electron chi connectivity index (χ1n) is 12.9. The van der Waals surface area contributed by atoms with Crippen molar-refractivity contribution in [2.75, 3.05) is 32.8 Å². The minimum atomic E-state index is -0.490. The van der Waals surface area contributed by atoms with Gasteiger partial charge in [0.15, 0.2) is 6.29 Å². The number of nitrogens with zero attached hydrogens (tertiary/aromatic N) is 1. The Labute approximate surface area is 218 Å². The predicted molar refractivity (Wildman–Crippen MR) is 140 cm³/mol. The average Bonchev–Trinajstić information content (AvgIpc) is 2.97. The summed E-state index contributed by atoms with van der Waals surface area (Å²) in [6.07, 6.45) is 0.178. The first kappa shape index (κ1) is 25.6. The predicted octanol–water partition coefficient (Wildman–Crippen LogP) is 3.99. The lowest BCUT2D eigenvalue weighted by molar-refractivity contribution is -0.253. The van der Waals surface area contributed by atoms with Crippen LogP contribution in [0.3, 0.4) is 0 Å². The molecule has 0 aliphatic carbocycles. The number of aliphatic hydroxyl groups excluding tert-OH is 1. The van der Waals surface area contributed by atoms with E-state index in [2.05, 4.69) is 10.2 Å². The number of nitrogens with one attached hydrogen (secondary N) is 1. The topological polar surface area (TPSA) is 80.3 Å². The zero-order valence-electron chi connectivity index (χ0n) is 20.9. The third kappa shape index (κ3) is 6.83. The van der Waals surface area contributed by atoms with Gasteiger partial charge in [-0.25, -0.2) is 0 Å². The molecule has 7 heteroatoms. The lowest BCUT2D eigenvalue weighted by Crippen LogP contribution is -2.44. The maximum absolute atomic E-state index is 12.4. The fourth-order valence-electron chi connectivity index (χ4n) is 4.77. The number of morpholine rings is 1. The first-order valence-corrected chi connectivity index (χ1v) is 12.9. The Kier molecular flexibility index (Phi) is 8.61. The van der Waals surface area contributed by atoms with Gasteiger partial charge in [0.25, 0.3) is 5.91 Å². The molecule has 37 heavy (non-hydrogen) atoms. The van der Waals surface area contributed by atoms with Crippen molar-refractivity contribution in [3.63, 3.8) is 0 Å². The molecule has 1 amide bonds. The molecule has 0 aromatic heterocycles. The van der Waals surface area contributed by atoms with Crippen LogP contribution >= 0.6 is 0 Å². The number of hydrogen-bond donors (Lipinski definition) is 2. The van der Waals surface area contributed by atoms with Gasteiger partial charge in [0.2, 0.25) is 0 Å². The Balaban J connectivity index is 1.26. The third-order valence-corrected chi connectivity index (χ3v) is 6.92. The van der Waals surface area contributed by atoms with Gasteiger partial charge in [-0.1, -0.05) is 66.7 Å². The molecule has 2 aliphatic rings. The summed E-state index contributed by atoms with van der Waals surface area (Å²) in [4.78, 5) is 14.8. The normalized spacial score (nSPS) is 22.5. The van der Waals surface area contributed by atoms with Gasteiger partial charge in [-0.3, -0.25) is 9.69 Å². The van der Waals surface area contributed by atoms with Crippen molar-refractivity contribution < 1.29 is 24.1 Å². The van der Waals surface area contributed by atoms with Crippen LogP contribution in [0.25, 0.3) is 0 Å². The van der Waals surface area contributed by atoms with Crippen molar-refractivity contribution >= 4 is 5.91 Å². The maximum atomic E-state index is 12.4. The molecule has 2 aliphatic heterocycles. The summed E-state index contributed by atoms with van der Waals surface area (Å²) in [7, 11) is 0. The van der Waals surface area contributed by atoms with Crippen LogP contribution in [-0.2, 0) is 27.4 Å². The van der Waals surface area contributed by atoms with Crippen LogP contribution in [0.4, 0.5) is 0 Å². The third-order valence-electron chi connectivity index (χ3n) is 6.92. The Morgan fingerprint density at radius 3 is 2.24 bits per heavy atom. The molecule has 2 fully saturated rings. The molecule has 0 radical (unpaired) electrons. The highest BCUT2D eigenvalue weighted by Crippen LogP contribution is 2.38. The summed E-state index contributed by atoms with van der Waals surface area (Å²) >= 11 is 0. The van der Waals surface area contributed by atoms with E-state index in [1.165, 1.54) is 0 Å². The standard InChI is InChI=1S/C30H34N2O5/c33-21-23-8-10-24(11-9-23)28-18-27(20-32-14-16-35-17-15-32)36-30(37-28)26-12-6-22(7-13-26)19-31-29(34)25-4-2-1-3-5-25/h1-13,27-28,30,33H,14-21H2,(H,31,34)/t27-,28+,30+/m0/s1. The lowest BCUT2D eigenvalue weighted by Gasteiger charge is -2.39. The number of aliphatic hydroxyl groups is 1. The van der Waals surface area contributed by atoms with Crippen molar-refractivity contribution in [1.29, 1.82) is 0 Å². The number of rotatable bonds is 8. The van der Waals surface area contributed by atoms with E-state index in [0.29, 0.717) is 12.1 Å². The van der Waals surface area contributed by atoms with Crippen molar-refractivity contribution in [1.82, 2.24) is 10.2 Å². The number of benzene rings is 3. The van der Waals surface area contributed by atoms with Crippen molar-refractivity contribution in [3.05, 3.63) is 107 Å². The summed E-state index contributed by atoms with van der Waals surface area (Å²) in [5.74, 6) is -0.0929. The molecule has 0 bridgehead atoms. The van der Waals surface area contributed by atoms with E-state index in [1.54, 1.807) is 12.1 Å². The highest BCUT2D eigenvalue weighted by Gasteiger charge is 2.33. The molecule has 3 atom stereocenters. The van der Waals surface area contributed by atoms with Gasteiger partial charge in [-0.2, -0.15) is 0 Å². The van der Waals surface area contributed by atoms with E-state index in [1.807, 2.05) is 66.7 Å². The Morgan fingerprint density at radius 2 is 1.54 bits per heavy atom. The van der Waals surface area contributed by atoms with E-state index in [9.17, 15) is 9.90 Å². The van der Waals surface area contributed by atoms with E-state index >= 15 is 0 Å². The zero-order valence-corrected chi connectivity index (χ0v) is 20.9. The van der Waals surface area contributed by atoms with Crippen molar-refractivity contribution in [2.45, 2.75) is 38.1 Å². The van der Waals surface area contributed by atoms with Gasteiger partial charge in [-0.15, -0.1) is 0 Å². The molecule has 2 heterocycles. The SMILES string of the molecule is O=C(NCc1ccc([C@@H]2O[C@H](CN3CCOCC3)C[C@H](c3ccc(CO)cc3)O2)cc1)c1ccccc1. The van der Waals surface area contributed by atoms with Crippen LogP contribution in [-0.4, -0.2) is 54.9 Å². The highest BCUT2D eigenvalue weighted by atomic mass is 16.7. The van der Waals surface area contributed by atoms with E-state index in [4.69, 9.17) is 14.2 Å². The fraction of sp³-hybridized carbons (Fsp3) is 0.367. The molecule has 194 valence electrons. The number of carbonyl (C=O) groups excluding carboxylic acids is 1. The first-order chi connectivity index (χ1) is 18.2. The molecule has 0 spiro atoms. The summed E-state index contributed by atoms with van der Waals surface area (Å²) in [5.41, 5.74) is 4.56. The smallest absolute Gasteiger partial charge is 0.251 e. The Morgan fingerprint density at radius 1 is 0.865 bits per heavy atom. The van der Waals surface area contributed by atoms with Gasteiger partial charge in [0, 0.05) is 43.7 Å². The highest BCUT2D eigenvalue weighted by molar-refractivity contribution is 5.94. The maximum Gasteiger partial charge on any atom is 0.251 e. The van der Waals surface area contributed by atoms with E-state index in [0.717, 1.165) is 61.5 Å². The summed E-state index contributed by atoms with van der Waals surface area (Å²) in [5, 5.41) is 12.4. The van der Waals surface area contributed by atoms with Crippen molar-refractivity contribution in [3.8, 4) is 0 Å². The minimum absolute atomic E-state index is 0.0178. The number of ether oxygens (including phenoxy) is 3. The summed E-state index contributed by atoms with van der Waals surface area (Å²) in [6.45, 7) is 4.62. The van der Waals surface area contributed by atoms with E-state index < -0.39 is 6.29 Å². The van der Waals surface area contributed by atoms with Crippen molar-refractivity contribution in [2.24, 2.45) is 0 Å². The Bertz CT molecular complexity index is 1130. The molecular formula is C30H34N2O5. The van der Waals surface area contributed by atoms with Gasteiger partial charge >= 0.3 is 0 Å². The van der Waals surface area contributed by atoms with E-state index in [-0.39, 0.29) is 24.7 Å². The number of hydrogen-bond acceptors (Lipinski definition) is 6. The number of amides is 1. The molecular weight excluding hydrogens is 468 g/mol. The summed E-state index contributed by atoms with van der Waals surface area (Å²) in [6, 6.07) is 25.2. The molecule has 0 saturated carbocycles. The fourth-order valence-corrected chi connectivity index (χ4v) is 4.77. The molecule has 2 saturated heterocycles. The monoisotopic (exact) mass is 502 g/mol. The largest absolute Gasteiger partial charge is 0.392 e. The number of carbonyl (C=O) groups is 1. The molecule has 5 rings (SSSR count). The molecule has 0 unspecified atom stereocenters. The van der Waals surface area contributed by atoms with Crippen LogP contribution in [0.5, 0.6) is 0 Å². The van der Waals surface area contributed by atoms with Crippen LogP contribution in [0, 0.1) is 0 Å². The molecule has 3 aromatic rings. The van der Waals surface area contributed by atoms with Crippen LogP contribution in [0.1, 0.15) is 51.4 Å². The molecule has 2 N–H and O–H groups in total. The van der Waals surface area contributed by atoms with Gasteiger partial charge in [0.1, 0.15) is 0 Å². The molecule has 7 nitrogen and oxygen atoms in total. The second-order valence-corrected chi connectivity index (χ2v) is 9.55. The second-order valence-electron chi connectivity index (χ2n) is 9.55.